The quantitative estimate of drug-likeness (QED) is 0.817. The number of hydrogen-bond donors (Lipinski definition) is 1. The lowest BCUT2D eigenvalue weighted by molar-refractivity contribution is -0.122. The van der Waals surface area contributed by atoms with Gasteiger partial charge < -0.3 is 15.0 Å². The van der Waals surface area contributed by atoms with E-state index < -0.39 is 0 Å². The van der Waals surface area contributed by atoms with Gasteiger partial charge in [-0.15, -0.1) is 0 Å². The van der Waals surface area contributed by atoms with Gasteiger partial charge in [0.05, 0.1) is 13.7 Å². The Balaban J connectivity index is 1.41. The predicted molar refractivity (Wildman–Crippen MR) is 110 cm³/mol. The number of rotatable bonds is 7. The first-order chi connectivity index (χ1) is 13.2. The summed E-state index contributed by atoms with van der Waals surface area (Å²) in [6.07, 6.45) is 0. The molecule has 5 nitrogen and oxygen atoms in total. The van der Waals surface area contributed by atoms with E-state index in [4.69, 9.17) is 4.74 Å². The average Bonchev–Trinajstić information content (AvgIpc) is 2.73. The van der Waals surface area contributed by atoms with Crippen LogP contribution in [-0.2, 0) is 4.79 Å². The molecule has 3 rings (SSSR count). The maximum Gasteiger partial charge on any atom is 0.234 e. The second-order valence-electron chi connectivity index (χ2n) is 7.08. The Kier molecular flexibility index (Phi) is 6.71. The van der Waals surface area contributed by atoms with Crippen molar-refractivity contribution < 1.29 is 9.53 Å². The first-order valence-electron chi connectivity index (χ1n) is 9.58. The fourth-order valence-corrected chi connectivity index (χ4v) is 3.40. The number of piperazine rings is 1. The number of benzene rings is 2. The molecule has 0 bridgehead atoms. The Bertz CT molecular complexity index is 727. The van der Waals surface area contributed by atoms with E-state index in [0.717, 1.165) is 31.9 Å². The highest BCUT2D eigenvalue weighted by Gasteiger charge is 2.19. The van der Waals surface area contributed by atoms with Gasteiger partial charge in [0, 0.05) is 44.5 Å². The largest absolute Gasteiger partial charge is 0.497 e. The topological polar surface area (TPSA) is 44.8 Å². The number of methoxy groups -OCH3 is 1. The van der Waals surface area contributed by atoms with Crippen molar-refractivity contribution in [1.82, 2.24) is 10.2 Å². The van der Waals surface area contributed by atoms with Crippen LogP contribution in [0.25, 0.3) is 0 Å². The van der Waals surface area contributed by atoms with E-state index in [2.05, 4.69) is 46.3 Å². The SMILES string of the molecule is COc1cccc(N2CCN(CC(=O)NC[C@@H](C)c3ccccc3)CC2)c1. The van der Waals surface area contributed by atoms with Crippen molar-refractivity contribution in [2.24, 2.45) is 0 Å². The molecule has 1 amide bonds. The lowest BCUT2D eigenvalue weighted by Crippen LogP contribution is -2.49. The molecule has 1 N–H and O–H groups in total. The van der Waals surface area contributed by atoms with Gasteiger partial charge in [0.1, 0.15) is 5.75 Å². The molecule has 0 unspecified atom stereocenters. The Morgan fingerprint density at radius 2 is 1.81 bits per heavy atom. The molecule has 27 heavy (non-hydrogen) atoms. The summed E-state index contributed by atoms with van der Waals surface area (Å²) in [4.78, 5) is 16.9. The van der Waals surface area contributed by atoms with E-state index in [0.29, 0.717) is 19.0 Å². The monoisotopic (exact) mass is 367 g/mol. The lowest BCUT2D eigenvalue weighted by atomic mass is 10.0. The molecule has 1 aliphatic heterocycles. The molecule has 0 aliphatic carbocycles. The number of nitrogens with zero attached hydrogens (tertiary/aromatic N) is 2. The molecule has 1 heterocycles. The van der Waals surface area contributed by atoms with E-state index in [-0.39, 0.29) is 5.91 Å². The summed E-state index contributed by atoms with van der Waals surface area (Å²) in [6, 6.07) is 18.4. The van der Waals surface area contributed by atoms with E-state index in [1.807, 2.05) is 30.3 Å². The van der Waals surface area contributed by atoms with Gasteiger partial charge >= 0.3 is 0 Å². The van der Waals surface area contributed by atoms with Gasteiger partial charge in [-0.05, 0) is 23.6 Å². The zero-order valence-corrected chi connectivity index (χ0v) is 16.2. The minimum Gasteiger partial charge on any atom is -0.497 e. The van der Waals surface area contributed by atoms with Gasteiger partial charge in [-0.1, -0.05) is 43.3 Å². The maximum absolute atomic E-state index is 12.3. The van der Waals surface area contributed by atoms with Crippen LogP contribution >= 0.6 is 0 Å². The summed E-state index contributed by atoms with van der Waals surface area (Å²) < 4.78 is 5.31. The zero-order chi connectivity index (χ0) is 19.1. The first kappa shape index (κ1) is 19.2. The number of nitrogens with one attached hydrogen (secondary N) is 1. The molecule has 1 atom stereocenters. The van der Waals surface area contributed by atoms with Crippen molar-refractivity contribution in [3.05, 3.63) is 60.2 Å². The third kappa shape index (κ3) is 5.47. The number of anilines is 1. The summed E-state index contributed by atoms with van der Waals surface area (Å²) in [5, 5.41) is 3.08. The fraction of sp³-hybridized carbons (Fsp3) is 0.409. The lowest BCUT2D eigenvalue weighted by Gasteiger charge is -2.35. The van der Waals surface area contributed by atoms with Gasteiger partial charge in [0.25, 0.3) is 0 Å². The van der Waals surface area contributed by atoms with E-state index in [1.165, 1.54) is 11.3 Å². The molecule has 2 aromatic carbocycles. The molecule has 1 fully saturated rings. The van der Waals surface area contributed by atoms with Crippen molar-refractivity contribution in [1.29, 1.82) is 0 Å². The average molecular weight is 367 g/mol. The molecule has 0 radical (unpaired) electrons. The van der Waals surface area contributed by atoms with E-state index in [9.17, 15) is 4.79 Å². The highest BCUT2D eigenvalue weighted by Crippen LogP contribution is 2.22. The van der Waals surface area contributed by atoms with E-state index >= 15 is 0 Å². The Morgan fingerprint density at radius 3 is 2.52 bits per heavy atom. The summed E-state index contributed by atoms with van der Waals surface area (Å²) in [7, 11) is 1.69. The van der Waals surface area contributed by atoms with Gasteiger partial charge in [0.15, 0.2) is 0 Å². The van der Waals surface area contributed by atoms with Crippen LogP contribution in [0.2, 0.25) is 0 Å². The van der Waals surface area contributed by atoms with Crippen molar-refractivity contribution in [2.75, 3.05) is 51.3 Å². The minimum absolute atomic E-state index is 0.104. The standard InChI is InChI=1S/C22H29N3O2/c1-18(19-7-4-3-5-8-19)16-23-22(26)17-24-11-13-25(14-12-24)20-9-6-10-21(15-20)27-2/h3-10,15,18H,11-14,16-17H2,1-2H3,(H,23,26)/t18-/m1/s1. The van der Waals surface area contributed by atoms with Gasteiger partial charge in [0.2, 0.25) is 5.91 Å². The van der Waals surface area contributed by atoms with Crippen LogP contribution < -0.4 is 15.0 Å². The van der Waals surface area contributed by atoms with E-state index in [1.54, 1.807) is 7.11 Å². The minimum atomic E-state index is 0.104. The summed E-state index contributed by atoms with van der Waals surface area (Å²) in [5.74, 6) is 1.30. The Hall–Kier alpha value is -2.53. The normalized spacial score (nSPS) is 16.0. The van der Waals surface area contributed by atoms with Crippen LogP contribution in [0.4, 0.5) is 5.69 Å². The van der Waals surface area contributed by atoms with Crippen LogP contribution in [0.3, 0.4) is 0 Å². The Labute approximate surface area is 161 Å². The molecule has 0 saturated carbocycles. The number of carbonyl (C=O) groups is 1. The van der Waals surface area contributed by atoms with Crippen LogP contribution in [0.1, 0.15) is 18.4 Å². The highest BCUT2D eigenvalue weighted by molar-refractivity contribution is 5.78. The fourth-order valence-electron chi connectivity index (χ4n) is 3.40. The van der Waals surface area contributed by atoms with Gasteiger partial charge in [-0.2, -0.15) is 0 Å². The molecule has 144 valence electrons. The van der Waals surface area contributed by atoms with Crippen LogP contribution in [0.5, 0.6) is 5.75 Å². The predicted octanol–water partition coefficient (Wildman–Crippen LogP) is 2.74. The van der Waals surface area contributed by atoms with Crippen molar-refractivity contribution in [3.8, 4) is 5.75 Å². The molecule has 2 aromatic rings. The molecule has 0 aromatic heterocycles. The number of ether oxygens (including phenoxy) is 1. The number of hydrogen-bond acceptors (Lipinski definition) is 4. The van der Waals surface area contributed by atoms with Crippen molar-refractivity contribution in [3.63, 3.8) is 0 Å². The summed E-state index contributed by atoms with van der Waals surface area (Å²) in [6.45, 7) is 6.89. The number of amides is 1. The third-order valence-electron chi connectivity index (χ3n) is 5.13. The number of carbonyl (C=O) groups excluding carboxylic acids is 1. The first-order valence-corrected chi connectivity index (χ1v) is 9.58. The summed E-state index contributed by atoms with van der Waals surface area (Å²) in [5.41, 5.74) is 2.43. The zero-order valence-electron chi connectivity index (χ0n) is 16.2. The van der Waals surface area contributed by atoms with Crippen molar-refractivity contribution >= 4 is 11.6 Å². The van der Waals surface area contributed by atoms with Gasteiger partial charge in [-0.25, -0.2) is 0 Å². The second kappa shape index (κ2) is 9.42. The molecule has 0 spiro atoms. The second-order valence-corrected chi connectivity index (χ2v) is 7.08. The summed E-state index contributed by atoms with van der Waals surface area (Å²) >= 11 is 0. The third-order valence-corrected chi connectivity index (χ3v) is 5.13. The molecule has 5 heteroatoms. The Morgan fingerprint density at radius 1 is 1.07 bits per heavy atom. The van der Waals surface area contributed by atoms with Crippen LogP contribution in [-0.4, -0.2) is 57.2 Å². The molecular weight excluding hydrogens is 338 g/mol. The molecular formula is C22H29N3O2. The highest BCUT2D eigenvalue weighted by atomic mass is 16.5. The van der Waals surface area contributed by atoms with Gasteiger partial charge in [-0.3, -0.25) is 9.69 Å². The molecule has 1 aliphatic rings. The van der Waals surface area contributed by atoms with Crippen LogP contribution in [0.15, 0.2) is 54.6 Å². The maximum atomic E-state index is 12.3. The smallest absolute Gasteiger partial charge is 0.234 e. The van der Waals surface area contributed by atoms with Crippen LogP contribution in [0, 0.1) is 0 Å². The van der Waals surface area contributed by atoms with Crippen molar-refractivity contribution in [2.45, 2.75) is 12.8 Å². The molecule has 1 saturated heterocycles.